The summed E-state index contributed by atoms with van der Waals surface area (Å²) in [5.74, 6) is -0.993. The first-order chi connectivity index (χ1) is 11.0. The van der Waals surface area contributed by atoms with Crippen LogP contribution < -0.4 is 10.6 Å². The van der Waals surface area contributed by atoms with Gasteiger partial charge in [-0.3, -0.25) is 19.7 Å². The molecule has 2 aromatic rings. The summed E-state index contributed by atoms with van der Waals surface area (Å²) in [7, 11) is 0. The summed E-state index contributed by atoms with van der Waals surface area (Å²) < 4.78 is 0. The fourth-order valence-electron chi connectivity index (χ4n) is 1.75. The molecule has 0 aliphatic heterocycles. The van der Waals surface area contributed by atoms with Crippen LogP contribution >= 0.6 is 11.6 Å². The minimum Gasteiger partial charge on any atom is -0.347 e. The molecule has 0 radical (unpaired) electrons. The highest BCUT2D eigenvalue weighted by Gasteiger charge is 2.18. The van der Waals surface area contributed by atoms with Gasteiger partial charge in [0.25, 0.3) is 11.8 Å². The summed E-state index contributed by atoms with van der Waals surface area (Å²) in [5.41, 5.74) is 0.409. The summed E-state index contributed by atoms with van der Waals surface area (Å²) >= 11 is 5.81. The Morgan fingerprint density at radius 1 is 1.48 bits per heavy atom. The van der Waals surface area contributed by atoms with Crippen molar-refractivity contribution in [2.24, 2.45) is 0 Å². The maximum atomic E-state index is 12.1. The van der Waals surface area contributed by atoms with E-state index in [0.717, 1.165) is 0 Å². The van der Waals surface area contributed by atoms with E-state index in [1.54, 1.807) is 13.0 Å². The summed E-state index contributed by atoms with van der Waals surface area (Å²) in [6.45, 7) is 1.70. The lowest BCUT2D eigenvalue weighted by Crippen LogP contribution is -2.33. The minimum absolute atomic E-state index is 0.0881. The molecule has 0 spiro atoms. The molecule has 0 aliphatic rings. The van der Waals surface area contributed by atoms with Gasteiger partial charge in [-0.2, -0.15) is 10.4 Å². The first kappa shape index (κ1) is 16.5. The van der Waals surface area contributed by atoms with Gasteiger partial charge in [-0.05, 0) is 19.1 Å². The van der Waals surface area contributed by atoms with E-state index in [2.05, 4.69) is 25.8 Å². The summed E-state index contributed by atoms with van der Waals surface area (Å²) in [6.07, 6.45) is 2.89. The van der Waals surface area contributed by atoms with Crippen LogP contribution in [0.15, 0.2) is 24.5 Å². The van der Waals surface area contributed by atoms with Crippen LogP contribution in [0.3, 0.4) is 0 Å². The zero-order valence-corrected chi connectivity index (χ0v) is 12.9. The fraction of sp³-hybridized carbons (Fsp3) is 0.214. The van der Waals surface area contributed by atoms with Crippen LogP contribution in [0.4, 0.5) is 5.69 Å². The molecule has 2 aromatic heterocycles. The van der Waals surface area contributed by atoms with Crippen LogP contribution in [0.25, 0.3) is 0 Å². The largest absolute Gasteiger partial charge is 0.347 e. The van der Waals surface area contributed by atoms with Gasteiger partial charge in [-0.15, -0.1) is 0 Å². The first-order valence-corrected chi connectivity index (χ1v) is 7.03. The lowest BCUT2D eigenvalue weighted by molar-refractivity contribution is 0.0936. The molecule has 118 valence electrons. The Hall–Kier alpha value is -2.92. The molecule has 0 aromatic carbocycles. The van der Waals surface area contributed by atoms with Gasteiger partial charge in [-0.1, -0.05) is 11.6 Å². The molecule has 9 heteroatoms. The molecular weight excluding hydrogens is 320 g/mol. The molecule has 1 atom stereocenters. The van der Waals surface area contributed by atoms with Crippen molar-refractivity contribution in [1.82, 2.24) is 20.5 Å². The molecule has 3 N–H and O–H groups in total. The van der Waals surface area contributed by atoms with Gasteiger partial charge >= 0.3 is 0 Å². The maximum absolute atomic E-state index is 12.1. The number of aromatic amines is 1. The Morgan fingerprint density at radius 2 is 2.26 bits per heavy atom. The number of rotatable bonds is 5. The highest BCUT2D eigenvalue weighted by Crippen LogP contribution is 2.14. The number of aromatic nitrogens is 3. The third-order valence-electron chi connectivity index (χ3n) is 2.84. The van der Waals surface area contributed by atoms with E-state index in [1.807, 2.05) is 6.07 Å². The number of hydrogen-bond donors (Lipinski definition) is 3. The van der Waals surface area contributed by atoms with Gasteiger partial charge < -0.3 is 10.6 Å². The highest BCUT2D eigenvalue weighted by molar-refractivity contribution is 6.31. The Kier molecular flexibility index (Phi) is 5.28. The topological polar surface area (TPSA) is 124 Å². The molecule has 0 bridgehead atoms. The van der Waals surface area contributed by atoms with E-state index in [-0.39, 0.29) is 29.5 Å². The number of nitrogens with one attached hydrogen (secondary N) is 3. The fourth-order valence-corrected chi connectivity index (χ4v) is 1.91. The molecule has 0 saturated carbocycles. The van der Waals surface area contributed by atoms with E-state index in [0.29, 0.717) is 5.02 Å². The summed E-state index contributed by atoms with van der Waals surface area (Å²) in [6, 6.07) is 4.59. The van der Waals surface area contributed by atoms with Crippen molar-refractivity contribution in [2.45, 2.75) is 19.4 Å². The predicted molar refractivity (Wildman–Crippen MR) is 82.9 cm³/mol. The van der Waals surface area contributed by atoms with Gasteiger partial charge in [0.2, 0.25) is 0 Å². The second-order valence-corrected chi connectivity index (χ2v) is 5.15. The van der Waals surface area contributed by atoms with Gasteiger partial charge in [-0.25, -0.2) is 0 Å². The number of nitrogens with zero attached hydrogens (tertiary/aromatic N) is 3. The molecule has 8 nitrogen and oxygen atoms in total. The number of hydrogen-bond acceptors (Lipinski definition) is 5. The first-order valence-electron chi connectivity index (χ1n) is 6.65. The van der Waals surface area contributed by atoms with E-state index >= 15 is 0 Å². The second kappa shape index (κ2) is 7.38. The van der Waals surface area contributed by atoms with Crippen LogP contribution in [-0.2, 0) is 0 Å². The molecule has 2 heterocycles. The Balaban J connectivity index is 2.11. The van der Waals surface area contributed by atoms with Gasteiger partial charge in [0.05, 0.1) is 24.4 Å². The average molecular weight is 333 g/mol. The van der Waals surface area contributed by atoms with Crippen molar-refractivity contribution in [3.63, 3.8) is 0 Å². The number of pyridine rings is 1. The van der Waals surface area contributed by atoms with Crippen LogP contribution in [-0.4, -0.2) is 33.0 Å². The standard InChI is InChI=1S/C14H13ClN6O2/c1-8(2-4-16)19-14(23)12-11(7-18-21-12)20-13(22)10-6-9(15)3-5-17-10/h3,5-8H,2H2,1H3,(H,18,21)(H,19,23)(H,20,22)/t8-/m1/s1. The van der Waals surface area contributed by atoms with E-state index in [1.165, 1.54) is 18.5 Å². The number of amides is 2. The smallest absolute Gasteiger partial charge is 0.274 e. The van der Waals surface area contributed by atoms with E-state index in [4.69, 9.17) is 16.9 Å². The molecule has 0 unspecified atom stereocenters. The molecule has 2 rings (SSSR count). The molecular formula is C14H13ClN6O2. The molecule has 0 aliphatic carbocycles. The van der Waals surface area contributed by atoms with Crippen molar-refractivity contribution in [2.75, 3.05) is 5.32 Å². The predicted octanol–water partition coefficient (Wildman–Crippen LogP) is 1.74. The Morgan fingerprint density at radius 3 is 2.96 bits per heavy atom. The van der Waals surface area contributed by atoms with Crippen LogP contribution in [0, 0.1) is 11.3 Å². The zero-order chi connectivity index (χ0) is 16.8. The van der Waals surface area contributed by atoms with Crippen LogP contribution in [0.1, 0.15) is 34.3 Å². The number of halogens is 1. The van der Waals surface area contributed by atoms with Crippen molar-refractivity contribution in [3.05, 3.63) is 40.9 Å². The molecule has 2 amide bonds. The SMILES string of the molecule is C[C@H](CC#N)NC(=O)c1[nH]ncc1NC(=O)c1cc(Cl)ccn1. The third-order valence-corrected chi connectivity index (χ3v) is 3.08. The Labute approximate surface area is 136 Å². The van der Waals surface area contributed by atoms with Gasteiger partial charge in [0, 0.05) is 17.3 Å². The minimum atomic E-state index is -0.520. The molecule has 0 fully saturated rings. The summed E-state index contributed by atoms with van der Waals surface area (Å²) in [4.78, 5) is 28.1. The number of nitriles is 1. The Bertz CT molecular complexity index is 767. The third kappa shape index (κ3) is 4.28. The number of carbonyl (C=O) groups is 2. The number of H-pyrrole nitrogens is 1. The van der Waals surface area contributed by atoms with Gasteiger partial charge in [0.15, 0.2) is 0 Å². The quantitative estimate of drug-likeness (QED) is 0.769. The molecule has 0 saturated heterocycles. The van der Waals surface area contributed by atoms with E-state index < -0.39 is 11.8 Å². The van der Waals surface area contributed by atoms with Crippen LogP contribution in [0.5, 0.6) is 0 Å². The second-order valence-electron chi connectivity index (χ2n) is 4.71. The van der Waals surface area contributed by atoms with Crippen molar-refractivity contribution >= 4 is 29.1 Å². The van der Waals surface area contributed by atoms with Crippen molar-refractivity contribution in [3.8, 4) is 6.07 Å². The lowest BCUT2D eigenvalue weighted by Gasteiger charge is -2.10. The zero-order valence-electron chi connectivity index (χ0n) is 12.1. The van der Waals surface area contributed by atoms with Crippen molar-refractivity contribution < 1.29 is 9.59 Å². The monoisotopic (exact) mass is 332 g/mol. The normalized spacial score (nSPS) is 11.3. The van der Waals surface area contributed by atoms with E-state index in [9.17, 15) is 9.59 Å². The highest BCUT2D eigenvalue weighted by atomic mass is 35.5. The lowest BCUT2D eigenvalue weighted by atomic mass is 10.2. The number of anilines is 1. The number of carbonyl (C=O) groups excluding carboxylic acids is 2. The molecule has 23 heavy (non-hydrogen) atoms. The van der Waals surface area contributed by atoms with Crippen molar-refractivity contribution in [1.29, 1.82) is 5.26 Å². The van der Waals surface area contributed by atoms with Crippen LogP contribution in [0.2, 0.25) is 5.02 Å². The maximum Gasteiger partial charge on any atom is 0.274 e. The van der Waals surface area contributed by atoms with Gasteiger partial charge in [0.1, 0.15) is 11.4 Å². The average Bonchev–Trinajstić information content (AvgIpc) is 2.95. The summed E-state index contributed by atoms with van der Waals surface area (Å²) in [5, 5.41) is 20.4.